The van der Waals surface area contributed by atoms with Crippen molar-refractivity contribution in [2.75, 3.05) is 23.7 Å². The number of sulfone groups is 1. The van der Waals surface area contributed by atoms with Gasteiger partial charge in [-0.25, -0.2) is 21.6 Å². The van der Waals surface area contributed by atoms with Gasteiger partial charge in [-0.15, -0.1) is 0 Å². The Bertz CT molecular complexity index is 2000. The number of nitrogens with two attached hydrogens (primary N) is 1. The summed E-state index contributed by atoms with van der Waals surface area (Å²) in [6.45, 7) is 3.80. The summed E-state index contributed by atoms with van der Waals surface area (Å²) in [5.74, 6) is -0.293. The fraction of sp³-hybridized carbons (Fsp3) is 0.242. The second-order valence-electron chi connectivity index (χ2n) is 11.3. The van der Waals surface area contributed by atoms with Crippen molar-refractivity contribution in [1.29, 1.82) is 0 Å². The number of nitrogens with one attached hydrogen (secondary N) is 1. The van der Waals surface area contributed by atoms with Crippen LogP contribution in [0.1, 0.15) is 41.6 Å². The summed E-state index contributed by atoms with van der Waals surface area (Å²) in [5, 5.41) is 0.685. The lowest BCUT2D eigenvalue weighted by Gasteiger charge is -2.37. The minimum Gasteiger partial charge on any atom is -0.398 e. The van der Waals surface area contributed by atoms with Crippen molar-refractivity contribution in [3.63, 3.8) is 0 Å². The van der Waals surface area contributed by atoms with Crippen LogP contribution in [0.15, 0.2) is 101 Å². The molecule has 4 aromatic carbocycles. The molecule has 1 aliphatic heterocycles. The molecule has 1 heterocycles. The molecule has 5 rings (SSSR count). The average molecular weight is 706 g/mol. The molecule has 0 spiro atoms. The van der Waals surface area contributed by atoms with E-state index in [9.17, 15) is 34.8 Å². The van der Waals surface area contributed by atoms with Crippen LogP contribution in [0.2, 0.25) is 5.02 Å². The zero-order chi connectivity index (χ0) is 34.1. The lowest BCUT2D eigenvalue weighted by molar-refractivity contribution is -0.0435. The third kappa shape index (κ3) is 7.26. The van der Waals surface area contributed by atoms with Gasteiger partial charge in [0, 0.05) is 29.4 Å². The molecule has 0 aliphatic carbocycles. The quantitative estimate of drug-likeness (QED) is 0.189. The molecule has 1 unspecified atom stereocenters. The summed E-state index contributed by atoms with van der Waals surface area (Å²) in [7, 11) is -10.7. The number of anilines is 2. The number of hydrogen-bond acceptors (Lipinski definition) is 7. The van der Waals surface area contributed by atoms with Crippen LogP contribution in [0.5, 0.6) is 0 Å². The molecule has 1 atom stereocenters. The summed E-state index contributed by atoms with van der Waals surface area (Å²) in [4.78, 5) is 12.7. The molecule has 3 N–H and O–H groups in total. The highest BCUT2D eigenvalue weighted by Gasteiger charge is 2.48. The van der Waals surface area contributed by atoms with E-state index in [1.54, 1.807) is 16.9 Å². The third-order valence-corrected chi connectivity index (χ3v) is 11.6. The summed E-state index contributed by atoms with van der Waals surface area (Å²) in [6, 6.07) is 24.3. The molecule has 0 saturated carbocycles. The molecular formula is C33H31ClF3N3O5S2. The van der Waals surface area contributed by atoms with Gasteiger partial charge in [-0.3, -0.25) is 4.79 Å². The summed E-state index contributed by atoms with van der Waals surface area (Å²) in [6.07, 6.45) is 1.87. The predicted molar refractivity (Wildman–Crippen MR) is 175 cm³/mol. The minimum absolute atomic E-state index is 0.0155. The number of carbonyl (C=O) groups excluding carboxylic acids is 1. The second kappa shape index (κ2) is 13.2. The van der Waals surface area contributed by atoms with Crippen LogP contribution < -0.4 is 15.4 Å². The average Bonchev–Trinajstić information content (AvgIpc) is 3.04. The molecule has 0 aromatic heterocycles. The first-order chi connectivity index (χ1) is 22.1. The van der Waals surface area contributed by atoms with Crippen molar-refractivity contribution in [2.45, 2.75) is 41.0 Å². The molecular weight excluding hydrogens is 675 g/mol. The molecule has 14 heteroatoms. The molecule has 1 aliphatic rings. The Morgan fingerprint density at radius 2 is 1.53 bits per heavy atom. The minimum atomic E-state index is -5.93. The molecule has 1 amide bonds. The number of nitrogen functional groups attached to an aromatic ring is 1. The van der Waals surface area contributed by atoms with Gasteiger partial charge >= 0.3 is 5.51 Å². The number of sulfonamides is 1. The molecule has 8 nitrogen and oxygen atoms in total. The van der Waals surface area contributed by atoms with E-state index in [-0.39, 0.29) is 11.6 Å². The molecule has 4 aromatic rings. The Balaban J connectivity index is 1.23. The first-order valence-corrected chi connectivity index (χ1v) is 17.9. The lowest BCUT2D eigenvalue weighted by atomic mass is 9.78. The topological polar surface area (TPSA) is 127 Å². The number of alkyl halides is 3. The summed E-state index contributed by atoms with van der Waals surface area (Å²) < 4.78 is 90.3. The van der Waals surface area contributed by atoms with E-state index in [1.165, 1.54) is 23.3 Å². The standard InChI is InChI=1S/C33H31ClF3N3O5S2/c1-21(28-4-2-3-5-29(28)23-6-10-25(34)11-7-23)22-16-18-40(19-17-22)26-12-8-24(9-13-26)32(41)39-47(44,45)27-14-15-30(38)31(20-27)46(42,43)33(35,36)37/h2-15,20-22H,16-19,38H2,1H3,(H,39,41). The Morgan fingerprint density at radius 1 is 0.915 bits per heavy atom. The van der Waals surface area contributed by atoms with Crippen LogP contribution in [0, 0.1) is 5.92 Å². The van der Waals surface area contributed by atoms with Gasteiger partial charge in [0.1, 0.15) is 4.90 Å². The van der Waals surface area contributed by atoms with Crippen molar-refractivity contribution in [3.8, 4) is 11.1 Å². The monoisotopic (exact) mass is 705 g/mol. The van der Waals surface area contributed by atoms with Crippen molar-refractivity contribution < 1.29 is 34.8 Å². The van der Waals surface area contributed by atoms with Gasteiger partial charge in [0.2, 0.25) is 0 Å². The maximum Gasteiger partial charge on any atom is 0.501 e. The highest BCUT2D eigenvalue weighted by molar-refractivity contribution is 7.92. The smallest absolute Gasteiger partial charge is 0.398 e. The van der Waals surface area contributed by atoms with E-state index >= 15 is 0 Å². The first kappa shape index (κ1) is 34.3. The lowest BCUT2D eigenvalue weighted by Crippen LogP contribution is -2.35. The van der Waals surface area contributed by atoms with Gasteiger partial charge in [-0.05, 0) is 96.0 Å². The van der Waals surface area contributed by atoms with E-state index in [4.69, 9.17) is 17.3 Å². The number of benzene rings is 4. The highest BCUT2D eigenvalue weighted by atomic mass is 35.5. The van der Waals surface area contributed by atoms with E-state index in [1.807, 2.05) is 30.3 Å². The Hall–Kier alpha value is -4.07. The number of carbonyl (C=O) groups is 1. The highest BCUT2D eigenvalue weighted by Crippen LogP contribution is 2.39. The van der Waals surface area contributed by atoms with Crippen molar-refractivity contribution in [3.05, 3.63) is 107 Å². The second-order valence-corrected chi connectivity index (χ2v) is 15.4. The third-order valence-electron chi connectivity index (χ3n) is 8.46. The number of rotatable bonds is 8. The maximum absolute atomic E-state index is 13.1. The van der Waals surface area contributed by atoms with E-state index in [0.717, 1.165) is 49.3 Å². The van der Waals surface area contributed by atoms with Crippen molar-refractivity contribution in [1.82, 2.24) is 4.72 Å². The number of amides is 1. The zero-order valence-electron chi connectivity index (χ0n) is 25.0. The molecule has 0 radical (unpaired) electrons. The fourth-order valence-electron chi connectivity index (χ4n) is 5.80. The molecule has 0 bridgehead atoms. The van der Waals surface area contributed by atoms with E-state index < -0.39 is 46.8 Å². The van der Waals surface area contributed by atoms with E-state index in [0.29, 0.717) is 16.9 Å². The SMILES string of the molecule is CC(c1ccccc1-c1ccc(Cl)cc1)C1CCN(c2ccc(C(=O)NS(=O)(=O)c3ccc(N)c(S(=O)(=O)C(F)(F)F)c3)cc2)CC1. The number of piperidine rings is 1. The Morgan fingerprint density at radius 3 is 2.15 bits per heavy atom. The zero-order valence-corrected chi connectivity index (χ0v) is 27.4. The Kier molecular flexibility index (Phi) is 9.63. The van der Waals surface area contributed by atoms with Crippen molar-refractivity contribution in [2.24, 2.45) is 5.92 Å². The van der Waals surface area contributed by atoms with Crippen LogP contribution in [-0.2, 0) is 19.9 Å². The van der Waals surface area contributed by atoms with Gasteiger partial charge in [0.25, 0.3) is 25.8 Å². The Labute approximate surface area is 276 Å². The normalized spacial score (nSPS) is 15.3. The summed E-state index contributed by atoms with van der Waals surface area (Å²) in [5.41, 5.74) is 3.30. The van der Waals surface area contributed by atoms with Gasteiger partial charge in [0.05, 0.1) is 10.6 Å². The van der Waals surface area contributed by atoms with Crippen LogP contribution >= 0.6 is 11.6 Å². The van der Waals surface area contributed by atoms with Crippen LogP contribution in [0.4, 0.5) is 24.5 Å². The fourth-order valence-corrected chi connectivity index (χ4v) is 7.91. The number of nitrogens with zero attached hydrogens (tertiary/aromatic N) is 1. The molecule has 248 valence electrons. The van der Waals surface area contributed by atoms with Crippen LogP contribution in [0.25, 0.3) is 11.1 Å². The largest absolute Gasteiger partial charge is 0.501 e. The van der Waals surface area contributed by atoms with Gasteiger partial charge in [-0.1, -0.05) is 54.9 Å². The van der Waals surface area contributed by atoms with Crippen LogP contribution in [-0.4, -0.2) is 41.3 Å². The molecule has 1 fully saturated rings. The van der Waals surface area contributed by atoms with Crippen LogP contribution in [0.3, 0.4) is 0 Å². The predicted octanol–water partition coefficient (Wildman–Crippen LogP) is 7.02. The molecule has 1 saturated heterocycles. The van der Waals surface area contributed by atoms with Crippen molar-refractivity contribution >= 4 is 48.7 Å². The number of halogens is 4. The van der Waals surface area contributed by atoms with E-state index in [2.05, 4.69) is 30.0 Å². The van der Waals surface area contributed by atoms with Gasteiger partial charge in [0.15, 0.2) is 0 Å². The maximum atomic E-state index is 13.1. The first-order valence-electron chi connectivity index (χ1n) is 14.6. The summed E-state index contributed by atoms with van der Waals surface area (Å²) >= 11 is 6.10. The van der Waals surface area contributed by atoms with Gasteiger partial charge in [-0.2, -0.15) is 13.2 Å². The molecule has 47 heavy (non-hydrogen) atoms. The number of hydrogen-bond donors (Lipinski definition) is 2. The van der Waals surface area contributed by atoms with Gasteiger partial charge < -0.3 is 10.6 Å².